The molecule has 154 valence electrons. The number of halogens is 1. The Morgan fingerprint density at radius 1 is 1.13 bits per heavy atom. The number of ether oxygens (including phenoxy) is 2. The third-order valence-corrected chi connectivity index (χ3v) is 4.72. The lowest BCUT2D eigenvalue weighted by atomic mass is 10.1. The molecular formula is C22H19ClN2O5. The molecule has 0 fully saturated rings. The fourth-order valence-electron chi connectivity index (χ4n) is 2.90. The van der Waals surface area contributed by atoms with E-state index in [0.29, 0.717) is 38.9 Å². The molecule has 0 radical (unpaired) electrons. The van der Waals surface area contributed by atoms with Gasteiger partial charge in [0.15, 0.2) is 0 Å². The lowest BCUT2D eigenvalue weighted by molar-refractivity contribution is -0.385. The second kappa shape index (κ2) is 9.28. The van der Waals surface area contributed by atoms with Crippen molar-refractivity contribution in [1.82, 2.24) is 0 Å². The standard InChI is InChI=1S/C22H19ClN2O5/c1-14-19(7-4-8-20(14)25(27)28)24-22(26)15-9-10-21(29-2)16(11-15)13-30-18-6-3-5-17(23)12-18/h3-12H,13H2,1-2H3,(H,24,26). The van der Waals surface area contributed by atoms with Gasteiger partial charge in [-0.1, -0.05) is 23.7 Å². The molecule has 0 aliphatic carbocycles. The molecule has 3 aromatic rings. The van der Waals surface area contributed by atoms with Crippen molar-refractivity contribution in [3.63, 3.8) is 0 Å². The highest BCUT2D eigenvalue weighted by Crippen LogP contribution is 2.27. The largest absolute Gasteiger partial charge is 0.496 e. The molecule has 0 saturated carbocycles. The van der Waals surface area contributed by atoms with Gasteiger partial charge in [-0.2, -0.15) is 0 Å². The first-order valence-corrected chi connectivity index (χ1v) is 9.37. The summed E-state index contributed by atoms with van der Waals surface area (Å²) in [7, 11) is 1.53. The van der Waals surface area contributed by atoms with Crippen LogP contribution in [0.2, 0.25) is 5.02 Å². The normalized spacial score (nSPS) is 10.4. The molecule has 3 rings (SSSR count). The van der Waals surface area contributed by atoms with Gasteiger partial charge in [-0.15, -0.1) is 0 Å². The van der Waals surface area contributed by atoms with Crippen LogP contribution in [0.5, 0.6) is 11.5 Å². The van der Waals surface area contributed by atoms with Gasteiger partial charge >= 0.3 is 0 Å². The van der Waals surface area contributed by atoms with E-state index in [4.69, 9.17) is 21.1 Å². The number of nitrogens with one attached hydrogen (secondary N) is 1. The van der Waals surface area contributed by atoms with Gasteiger partial charge in [-0.05, 0) is 49.4 Å². The Bertz CT molecular complexity index is 1100. The SMILES string of the molecule is COc1ccc(C(=O)Nc2cccc([N+](=O)[O-])c2C)cc1COc1cccc(Cl)c1. The molecule has 8 heteroatoms. The lowest BCUT2D eigenvalue weighted by Gasteiger charge is -2.13. The molecule has 7 nitrogen and oxygen atoms in total. The molecule has 1 amide bonds. The van der Waals surface area contributed by atoms with Crippen molar-refractivity contribution in [3.05, 3.63) is 92.5 Å². The number of methoxy groups -OCH3 is 1. The summed E-state index contributed by atoms with van der Waals surface area (Å²) in [5.74, 6) is 0.761. The molecule has 0 saturated heterocycles. The molecule has 0 aliphatic heterocycles. The van der Waals surface area contributed by atoms with Crippen molar-refractivity contribution in [3.8, 4) is 11.5 Å². The summed E-state index contributed by atoms with van der Waals surface area (Å²) in [4.78, 5) is 23.4. The van der Waals surface area contributed by atoms with Crippen LogP contribution >= 0.6 is 11.6 Å². The number of amides is 1. The summed E-state index contributed by atoms with van der Waals surface area (Å²) in [5, 5.41) is 14.4. The minimum atomic E-state index is -0.482. The van der Waals surface area contributed by atoms with Crippen molar-refractivity contribution in [1.29, 1.82) is 0 Å². The summed E-state index contributed by atoms with van der Waals surface area (Å²) >= 11 is 5.97. The monoisotopic (exact) mass is 426 g/mol. The topological polar surface area (TPSA) is 90.7 Å². The van der Waals surface area contributed by atoms with E-state index in [9.17, 15) is 14.9 Å². The number of carbonyl (C=O) groups is 1. The van der Waals surface area contributed by atoms with E-state index in [1.807, 2.05) is 0 Å². The molecule has 0 spiro atoms. The van der Waals surface area contributed by atoms with Crippen LogP contribution in [0.15, 0.2) is 60.7 Å². The Morgan fingerprint density at radius 2 is 1.90 bits per heavy atom. The first kappa shape index (κ1) is 21.1. The van der Waals surface area contributed by atoms with Gasteiger partial charge in [-0.3, -0.25) is 14.9 Å². The highest BCUT2D eigenvalue weighted by atomic mass is 35.5. The van der Waals surface area contributed by atoms with Crippen LogP contribution in [-0.2, 0) is 6.61 Å². The second-order valence-corrected chi connectivity index (χ2v) is 6.87. The number of carbonyl (C=O) groups excluding carboxylic acids is 1. The summed E-state index contributed by atoms with van der Waals surface area (Å²) < 4.78 is 11.1. The van der Waals surface area contributed by atoms with Crippen LogP contribution in [0.3, 0.4) is 0 Å². The van der Waals surface area contributed by atoms with Crippen LogP contribution in [0.4, 0.5) is 11.4 Å². The van der Waals surface area contributed by atoms with Crippen LogP contribution in [0.25, 0.3) is 0 Å². The van der Waals surface area contributed by atoms with Crippen molar-refractivity contribution in [2.75, 3.05) is 12.4 Å². The fraction of sp³-hybridized carbons (Fsp3) is 0.136. The quantitative estimate of drug-likeness (QED) is 0.403. The van der Waals surface area contributed by atoms with Crippen molar-refractivity contribution < 1.29 is 19.2 Å². The highest BCUT2D eigenvalue weighted by Gasteiger charge is 2.16. The van der Waals surface area contributed by atoms with Crippen molar-refractivity contribution >= 4 is 28.9 Å². The molecule has 0 aromatic heterocycles. The first-order chi connectivity index (χ1) is 14.4. The second-order valence-electron chi connectivity index (χ2n) is 6.43. The zero-order chi connectivity index (χ0) is 21.7. The van der Waals surface area contributed by atoms with Crippen molar-refractivity contribution in [2.45, 2.75) is 13.5 Å². The lowest BCUT2D eigenvalue weighted by Crippen LogP contribution is -2.14. The smallest absolute Gasteiger partial charge is 0.274 e. The van der Waals surface area contributed by atoms with Crippen LogP contribution in [-0.4, -0.2) is 17.9 Å². The zero-order valence-electron chi connectivity index (χ0n) is 16.3. The number of hydrogen-bond donors (Lipinski definition) is 1. The van der Waals surface area contributed by atoms with Gasteiger partial charge in [0.25, 0.3) is 11.6 Å². The van der Waals surface area contributed by atoms with Gasteiger partial charge in [0.2, 0.25) is 0 Å². The molecule has 0 heterocycles. The maximum Gasteiger partial charge on any atom is 0.274 e. The maximum atomic E-state index is 12.7. The number of benzene rings is 3. The van der Waals surface area contributed by atoms with Crippen LogP contribution in [0, 0.1) is 17.0 Å². The number of nitro groups is 1. The zero-order valence-corrected chi connectivity index (χ0v) is 17.1. The minimum absolute atomic E-state index is 0.0573. The molecule has 3 aromatic carbocycles. The maximum absolute atomic E-state index is 12.7. The third kappa shape index (κ3) is 4.87. The predicted octanol–water partition coefficient (Wildman–Crippen LogP) is 5.40. The Kier molecular flexibility index (Phi) is 6.54. The summed E-state index contributed by atoms with van der Waals surface area (Å²) in [6, 6.07) is 16.5. The summed E-state index contributed by atoms with van der Waals surface area (Å²) in [5.41, 5.74) is 1.74. The number of rotatable bonds is 7. The van der Waals surface area contributed by atoms with E-state index in [2.05, 4.69) is 5.32 Å². The van der Waals surface area contributed by atoms with E-state index < -0.39 is 10.8 Å². The Morgan fingerprint density at radius 3 is 2.60 bits per heavy atom. The Hall–Kier alpha value is -3.58. The molecule has 0 aliphatic rings. The summed E-state index contributed by atoms with van der Waals surface area (Å²) in [6.07, 6.45) is 0. The third-order valence-electron chi connectivity index (χ3n) is 4.48. The molecular weight excluding hydrogens is 408 g/mol. The number of anilines is 1. The van der Waals surface area contributed by atoms with E-state index in [1.54, 1.807) is 55.5 Å². The van der Waals surface area contributed by atoms with Crippen LogP contribution in [0.1, 0.15) is 21.5 Å². The van der Waals surface area contributed by atoms with Crippen LogP contribution < -0.4 is 14.8 Å². The average Bonchev–Trinajstić information content (AvgIpc) is 2.73. The van der Waals surface area contributed by atoms with E-state index in [0.717, 1.165) is 0 Å². The van der Waals surface area contributed by atoms with E-state index in [1.165, 1.54) is 19.2 Å². The molecule has 1 N–H and O–H groups in total. The number of nitro benzene ring substituents is 1. The van der Waals surface area contributed by atoms with Gasteiger partial charge < -0.3 is 14.8 Å². The summed E-state index contributed by atoms with van der Waals surface area (Å²) in [6.45, 7) is 1.76. The van der Waals surface area contributed by atoms with Gasteiger partial charge in [0, 0.05) is 22.2 Å². The highest BCUT2D eigenvalue weighted by molar-refractivity contribution is 6.30. The molecule has 0 unspecified atom stereocenters. The minimum Gasteiger partial charge on any atom is -0.496 e. The predicted molar refractivity (Wildman–Crippen MR) is 115 cm³/mol. The fourth-order valence-corrected chi connectivity index (χ4v) is 3.08. The number of hydrogen-bond acceptors (Lipinski definition) is 5. The van der Waals surface area contributed by atoms with E-state index >= 15 is 0 Å². The van der Waals surface area contributed by atoms with Crippen molar-refractivity contribution in [2.24, 2.45) is 0 Å². The molecule has 0 atom stereocenters. The number of nitrogens with zero attached hydrogens (tertiary/aromatic N) is 1. The Labute approximate surface area is 178 Å². The van der Waals surface area contributed by atoms with Gasteiger partial charge in [0.05, 0.1) is 23.3 Å². The Balaban J connectivity index is 1.81. The molecule has 0 bridgehead atoms. The van der Waals surface area contributed by atoms with E-state index in [-0.39, 0.29) is 12.3 Å². The average molecular weight is 427 g/mol. The van der Waals surface area contributed by atoms with Gasteiger partial charge in [-0.25, -0.2) is 0 Å². The van der Waals surface area contributed by atoms with Gasteiger partial charge in [0.1, 0.15) is 18.1 Å². The molecule has 30 heavy (non-hydrogen) atoms. The first-order valence-electron chi connectivity index (χ1n) is 8.99.